The maximum atomic E-state index is 12.3. The Morgan fingerprint density at radius 1 is 1.50 bits per heavy atom. The van der Waals surface area contributed by atoms with E-state index < -0.39 is 5.60 Å². The van der Waals surface area contributed by atoms with E-state index in [0.717, 1.165) is 17.8 Å². The fraction of sp³-hybridized carbons (Fsp3) is 0.867. The van der Waals surface area contributed by atoms with E-state index in [4.69, 9.17) is 17.0 Å². The van der Waals surface area contributed by atoms with E-state index >= 15 is 0 Å². The van der Waals surface area contributed by atoms with Gasteiger partial charge >= 0.3 is 5.97 Å². The molecule has 20 heavy (non-hydrogen) atoms. The van der Waals surface area contributed by atoms with Crippen molar-refractivity contribution in [3.63, 3.8) is 0 Å². The van der Waals surface area contributed by atoms with E-state index in [1.807, 2.05) is 20.8 Å². The molecule has 0 aliphatic carbocycles. The summed E-state index contributed by atoms with van der Waals surface area (Å²) in [6.45, 7) is 12.0. The molecule has 1 aliphatic rings. The van der Waals surface area contributed by atoms with E-state index in [-0.39, 0.29) is 24.1 Å². The number of ether oxygens (including phenoxy) is 1. The van der Waals surface area contributed by atoms with E-state index in [9.17, 15) is 4.79 Å². The normalized spacial score (nSPS) is 24.6. The third-order valence-corrected chi connectivity index (χ3v) is 3.50. The van der Waals surface area contributed by atoms with E-state index in [0.29, 0.717) is 5.92 Å². The Hall–Kier alpha value is -0.680. The molecule has 1 aliphatic heterocycles. The van der Waals surface area contributed by atoms with Crippen molar-refractivity contribution in [2.24, 2.45) is 5.92 Å². The minimum Gasteiger partial charge on any atom is -0.459 e. The highest BCUT2D eigenvalue weighted by Crippen LogP contribution is 2.16. The van der Waals surface area contributed by atoms with E-state index in [1.54, 1.807) is 0 Å². The number of carbonyl (C=O) groups excluding carboxylic acids is 1. The van der Waals surface area contributed by atoms with Crippen LogP contribution in [0.1, 0.15) is 54.4 Å². The molecule has 1 heterocycles. The molecule has 0 aromatic heterocycles. The van der Waals surface area contributed by atoms with E-state index in [2.05, 4.69) is 31.4 Å². The molecule has 1 unspecified atom stereocenters. The lowest BCUT2D eigenvalue weighted by Gasteiger charge is -2.28. The fourth-order valence-corrected chi connectivity index (χ4v) is 2.69. The summed E-state index contributed by atoms with van der Waals surface area (Å²) >= 11 is 5.20. The van der Waals surface area contributed by atoms with Crippen LogP contribution in [-0.2, 0) is 9.53 Å². The molecule has 1 rings (SSSR count). The van der Waals surface area contributed by atoms with Crippen molar-refractivity contribution in [1.82, 2.24) is 10.6 Å². The fourth-order valence-electron chi connectivity index (χ4n) is 2.33. The lowest BCUT2D eigenvalue weighted by molar-refractivity contribution is -0.158. The first-order chi connectivity index (χ1) is 9.08. The lowest BCUT2D eigenvalue weighted by atomic mass is 10.0. The topological polar surface area (TPSA) is 50.4 Å². The third kappa shape index (κ3) is 5.75. The summed E-state index contributed by atoms with van der Waals surface area (Å²) in [5, 5.41) is 6.65. The van der Waals surface area contributed by atoms with Crippen molar-refractivity contribution in [2.75, 3.05) is 0 Å². The minimum absolute atomic E-state index is 0.170. The van der Waals surface area contributed by atoms with Gasteiger partial charge in [0, 0.05) is 18.5 Å². The van der Waals surface area contributed by atoms with Crippen LogP contribution in [0.4, 0.5) is 0 Å². The summed E-state index contributed by atoms with van der Waals surface area (Å²) in [7, 11) is 0. The van der Waals surface area contributed by atoms with Gasteiger partial charge < -0.3 is 10.1 Å². The van der Waals surface area contributed by atoms with Gasteiger partial charge in [-0.2, -0.15) is 0 Å². The van der Waals surface area contributed by atoms with Gasteiger partial charge in [-0.3, -0.25) is 10.1 Å². The Morgan fingerprint density at radius 2 is 2.10 bits per heavy atom. The Morgan fingerprint density at radius 3 is 2.50 bits per heavy atom. The van der Waals surface area contributed by atoms with Gasteiger partial charge in [0.05, 0.1) is 4.99 Å². The van der Waals surface area contributed by atoms with Crippen LogP contribution in [0.15, 0.2) is 0 Å². The second kappa shape index (κ2) is 6.85. The van der Waals surface area contributed by atoms with Crippen LogP contribution < -0.4 is 10.6 Å². The molecule has 5 heteroatoms. The average molecular weight is 300 g/mol. The molecule has 0 radical (unpaired) electrons. The zero-order valence-electron chi connectivity index (χ0n) is 13.4. The van der Waals surface area contributed by atoms with Crippen molar-refractivity contribution < 1.29 is 9.53 Å². The molecule has 1 saturated heterocycles. The maximum absolute atomic E-state index is 12.3. The number of nitrogens with one attached hydrogen (secondary N) is 2. The quantitative estimate of drug-likeness (QED) is 0.603. The number of rotatable bonds is 5. The second-order valence-corrected chi connectivity index (χ2v) is 7.54. The van der Waals surface area contributed by atoms with Crippen molar-refractivity contribution in [3.8, 4) is 0 Å². The SMILES string of the molecule is CC(C)CC(N[C@H]1CC(=S)N[C@H]1C)C(=O)OC(C)(C)C. The zero-order chi connectivity index (χ0) is 15.5. The predicted octanol–water partition coefficient (Wildman–Crippen LogP) is 2.41. The summed E-state index contributed by atoms with van der Waals surface area (Å²) in [4.78, 5) is 13.2. The van der Waals surface area contributed by atoms with Crippen LogP contribution in [0.5, 0.6) is 0 Å². The summed E-state index contributed by atoms with van der Waals surface area (Å²) in [5.41, 5.74) is -0.456. The van der Waals surface area contributed by atoms with Gasteiger partial charge in [0.25, 0.3) is 0 Å². The highest BCUT2D eigenvalue weighted by atomic mass is 32.1. The summed E-state index contributed by atoms with van der Waals surface area (Å²) in [6, 6.07) is 0.169. The molecule has 116 valence electrons. The van der Waals surface area contributed by atoms with Crippen LogP contribution in [-0.4, -0.2) is 34.7 Å². The maximum Gasteiger partial charge on any atom is 0.323 e. The van der Waals surface area contributed by atoms with Gasteiger partial charge in [-0.05, 0) is 40.0 Å². The second-order valence-electron chi connectivity index (χ2n) is 7.05. The van der Waals surface area contributed by atoms with Crippen LogP contribution >= 0.6 is 12.2 Å². The molecule has 0 aromatic carbocycles. The molecule has 1 fully saturated rings. The number of carbonyl (C=O) groups is 1. The Kier molecular flexibility index (Phi) is 5.95. The standard InChI is InChI=1S/C15H28N2O2S/c1-9(2)7-12(14(18)19-15(4,5)6)17-11-8-13(20)16-10(11)3/h9-12,17H,7-8H2,1-6H3,(H,16,20)/t10-,11-,12?/m0/s1. The lowest BCUT2D eigenvalue weighted by Crippen LogP contribution is -2.49. The first kappa shape index (κ1) is 17.4. The summed E-state index contributed by atoms with van der Waals surface area (Å²) in [6.07, 6.45) is 1.55. The van der Waals surface area contributed by atoms with Crippen molar-refractivity contribution in [1.29, 1.82) is 0 Å². The molecule has 0 amide bonds. The molecule has 2 N–H and O–H groups in total. The average Bonchev–Trinajstić information content (AvgIpc) is 2.53. The first-order valence-electron chi connectivity index (χ1n) is 7.36. The number of hydrogen-bond acceptors (Lipinski definition) is 4. The Labute approximate surface area is 128 Å². The number of thiocarbonyl (C=S) groups is 1. The van der Waals surface area contributed by atoms with Crippen molar-refractivity contribution in [3.05, 3.63) is 0 Å². The third-order valence-electron chi connectivity index (χ3n) is 3.21. The number of hydrogen-bond donors (Lipinski definition) is 2. The number of esters is 1. The molecule has 0 bridgehead atoms. The first-order valence-corrected chi connectivity index (χ1v) is 7.77. The molecule has 0 saturated carbocycles. The summed E-state index contributed by atoms with van der Waals surface area (Å²) in [5.74, 6) is 0.257. The molecular weight excluding hydrogens is 272 g/mol. The minimum atomic E-state index is -0.456. The van der Waals surface area contributed by atoms with Crippen LogP contribution in [0, 0.1) is 5.92 Å². The van der Waals surface area contributed by atoms with Gasteiger partial charge in [0.15, 0.2) is 0 Å². The van der Waals surface area contributed by atoms with E-state index in [1.165, 1.54) is 0 Å². The van der Waals surface area contributed by atoms with Gasteiger partial charge in [0.2, 0.25) is 0 Å². The highest BCUT2D eigenvalue weighted by molar-refractivity contribution is 7.80. The van der Waals surface area contributed by atoms with Crippen molar-refractivity contribution >= 4 is 23.2 Å². The molecular formula is C15H28N2O2S. The molecule has 0 aromatic rings. The van der Waals surface area contributed by atoms with Crippen LogP contribution in [0.3, 0.4) is 0 Å². The zero-order valence-corrected chi connectivity index (χ0v) is 14.3. The van der Waals surface area contributed by atoms with Gasteiger partial charge in [-0.15, -0.1) is 0 Å². The van der Waals surface area contributed by atoms with Crippen LogP contribution in [0.2, 0.25) is 0 Å². The molecule has 0 spiro atoms. The van der Waals surface area contributed by atoms with Crippen LogP contribution in [0.25, 0.3) is 0 Å². The Bertz CT molecular complexity index is 363. The molecule has 3 atom stereocenters. The molecule has 4 nitrogen and oxygen atoms in total. The Balaban J connectivity index is 2.69. The smallest absolute Gasteiger partial charge is 0.323 e. The predicted molar refractivity (Wildman–Crippen MR) is 85.8 cm³/mol. The van der Waals surface area contributed by atoms with Gasteiger partial charge in [-0.25, -0.2) is 0 Å². The van der Waals surface area contributed by atoms with Gasteiger partial charge in [0.1, 0.15) is 11.6 Å². The highest BCUT2D eigenvalue weighted by Gasteiger charge is 2.33. The van der Waals surface area contributed by atoms with Gasteiger partial charge in [-0.1, -0.05) is 26.1 Å². The van der Waals surface area contributed by atoms with Crippen molar-refractivity contribution in [2.45, 2.75) is 78.1 Å². The largest absolute Gasteiger partial charge is 0.459 e. The summed E-state index contributed by atoms with van der Waals surface area (Å²) < 4.78 is 5.52. The monoisotopic (exact) mass is 300 g/mol.